The van der Waals surface area contributed by atoms with Crippen LogP contribution in [0.2, 0.25) is 0 Å². The molecule has 4 N–H and O–H groups in total. The van der Waals surface area contributed by atoms with Crippen molar-refractivity contribution in [3.63, 3.8) is 0 Å². The number of amides is 5. The number of nitrogens with one attached hydrogen (secondary N) is 4. The Hall–Kier alpha value is -3.66. The summed E-state index contributed by atoms with van der Waals surface area (Å²) in [5, 5.41) is 10.3. The average Bonchev–Trinajstić information content (AvgIpc) is 3.79. The van der Waals surface area contributed by atoms with Crippen molar-refractivity contribution in [3.05, 3.63) is 35.3 Å². The van der Waals surface area contributed by atoms with E-state index in [1.54, 1.807) is 26.8 Å². The van der Waals surface area contributed by atoms with E-state index in [4.69, 9.17) is 0 Å². The zero-order valence-electron chi connectivity index (χ0n) is 30.3. The van der Waals surface area contributed by atoms with Crippen LogP contribution in [0.3, 0.4) is 0 Å². The molecule has 2 fully saturated rings. The minimum Gasteiger partial charge on any atom is -0.346 e. The highest BCUT2D eigenvalue weighted by Gasteiger charge is 2.52. The molecule has 13 nitrogen and oxygen atoms in total. The van der Waals surface area contributed by atoms with Crippen LogP contribution in [0.1, 0.15) is 73.6 Å². The molecule has 2 aliphatic heterocycles. The molecule has 5 amide bonds. The molecule has 0 aromatic heterocycles. The molecule has 284 valence electrons. The zero-order valence-corrected chi connectivity index (χ0v) is 31.1. The summed E-state index contributed by atoms with van der Waals surface area (Å²) < 4.78 is 54.8. The summed E-state index contributed by atoms with van der Waals surface area (Å²) in [6.45, 7) is 14.7. The van der Waals surface area contributed by atoms with Gasteiger partial charge in [0.1, 0.15) is 18.1 Å². The highest BCUT2D eigenvalue weighted by molar-refractivity contribution is 7.93. The molecule has 0 radical (unpaired) electrons. The molecule has 0 aromatic rings. The number of hydrogen-bond donors (Lipinski definition) is 4. The summed E-state index contributed by atoms with van der Waals surface area (Å²) in [4.78, 5) is 68.8. The predicted molar refractivity (Wildman–Crippen MR) is 187 cm³/mol. The lowest BCUT2D eigenvalue weighted by Crippen LogP contribution is -2.62. The predicted octanol–water partition coefficient (Wildman–Crippen LogP) is 2.61. The van der Waals surface area contributed by atoms with Crippen molar-refractivity contribution in [2.75, 3.05) is 26.2 Å². The third-order valence-electron chi connectivity index (χ3n) is 10.2. The Labute approximate surface area is 299 Å². The molecule has 51 heavy (non-hydrogen) atoms. The van der Waals surface area contributed by atoms with Gasteiger partial charge in [0.15, 0.2) is 0 Å². The number of fused-ring (bicyclic) bond motifs is 1. The number of Topliss-reactive ketones (excluding diaryl/α,β-unsaturated/α-hetero) is 1. The van der Waals surface area contributed by atoms with Gasteiger partial charge in [-0.3, -0.25) is 19.2 Å². The topological polar surface area (TPSA) is 174 Å². The Kier molecular flexibility index (Phi) is 12.2. The molecule has 1 saturated heterocycles. The highest BCUT2D eigenvalue weighted by Crippen LogP contribution is 2.43. The van der Waals surface area contributed by atoms with Gasteiger partial charge < -0.3 is 26.2 Å². The van der Waals surface area contributed by atoms with Crippen LogP contribution in [0, 0.1) is 22.7 Å². The van der Waals surface area contributed by atoms with Crippen LogP contribution in [-0.2, 0) is 29.2 Å². The van der Waals surface area contributed by atoms with Crippen LogP contribution >= 0.6 is 0 Å². The number of allylic oxidation sites excluding steroid dienone is 2. The van der Waals surface area contributed by atoms with Crippen molar-refractivity contribution in [3.8, 4) is 0 Å². The van der Waals surface area contributed by atoms with Crippen LogP contribution in [0.15, 0.2) is 35.3 Å². The molecule has 1 saturated carbocycles. The number of carbonyl (C=O) groups is 5. The van der Waals surface area contributed by atoms with E-state index in [2.05, 4.69) is 27.8 Å². The first-order valence-electron chi connectivity index (χ1n) is 17.4. The Morgan fingerprint density at radius 2 is 1.71 bits per heavy atom. The summed E-state index contributed by atoms with van der Waals surface area (Å²) in [6.07, 6.45) is 3.31. The first kappa shape index (κ1) is 40.1. The fraction of sp³-hybridized carbons (Fsp3) is 0.686. The lowest BCUT2D eigenvalue weighted by molar-refractivity contribution is -0.145. The van der Waals surface area contributed by atoms with E-state index in [0.717, 1.165) is 18.4 Å². The molecule has 0 bridgehead atoms. The Morgan fingerprint density at radius 1 is 1.02 bits per heavy atom. The minimum absolute atomic E-state index is 0.00999. The number of likely N-dealkylation sites (tertiary alicyclic amines) is 1. The fourth-order valence-corrected chi connectivity index (χ4v) is 9.10. The van der Waals surface area contributed by atoms with Gasteiger partial charge in [-0.25, -0.2) is 22.0 Å². The molecular formula is C35H52F2N6O7S. The molecule has 2 aliphatic carbocycles. The highest BCUT2D eigenvalue weighted by atomic mass is 32.2. The van der Waals surface area contributed by atoms with Crippen LogP contribution in [-0.4, -0.2) is 104 Å². The maximum atomic E-state index is 14.4. The number of hydrogen-bond acceptors (Lipinski definition) is 7. The molecule has 0 aromatic carbocycles. The monoisotopic (exact) mass is 738 g/mol. The van der Waals surface area contributed by atoms with Crippen molar-refractivity contribution in [1.29, 1.82) is 0 Å². The van der Waals surface area contributed by atoms with Crippen LogP contribution in [0.5, 0.6) is 0 Å². The number of nitrogens with zero attached hydrogens (tertiary/aromatic N) is 2. The molecule has 0 spiro atoms. The molecule has 16 heteroatoms. The number of ketones is 1. The quantitative estimate of drug-likeness (QED) is 0.166. The number of alkyl halides is 2. The van der Waals surface area contributed by atoms with E-state index in [9.17, 15) is 41.2 Å². The summed E-state index contributed by atoms with van der Waals surface area (Å²) in [6, 6.07) is -5.43. The third-order valence-corrected chi connectivity index (χ3v) is 12.2. The van der Waals surface area contributed by atoms with Crippen molar-refractivity contribution in [2.24, 2.45) is 22.7 Å². The van der Waals surface area contributed by atoms with Crippen LogP contribution < -0.4 is 21.3 Å². The maximum Gasteiger partial charge on any atom is 0.315 e. The van der Waals surface area contributed by atoms with Crippen LogP contribution in [0.25, 0.3) is 0 Å². The van der Waals surface area contributed by atoms with Crippen molar-refractivity contribution >= 4 is 39.6 Å². The molecule has 0 unspecified atom stereocenters. The first-order chi connectivity index (χ1) is 23.7. The number of urea groups is 1. The van der Waals surface area contributed by atoms with Crippen molar-refractivity contribution < 1.29 is 41.2 Å². The second-order valence-electron chi connectivity index (χ2n) is 16.0. The standard InChI is InChI=1S/C35H52F2N6O7S/c1-8-15-38-31(46)28(44)23(16-26(36)37)39-30(45)27-22-13-9-11-20(22)18-43(27)32(47)29(35(5,6)7)41-33(48)40-25(34(2,3)4)19-42-17-21-12-10-14-24(21)51(42,49)50/h8,10,14,20,22-23,25-27,29H,1,9,11-13,15-19H2,2-7H3,(H,38,46)(H,39,45)(H2,40,41,48)/t20-,22-,23-,25+,27-,29+/m0/s1. The van der Waals surface area contributed by atoms with E-state index in [1.165, 1.54) is 15.3 Å². The molecular weight excluding hydrogens is 686 g/mol. The smallest absolute Gasteiger partial charge is 0.315 e. The lowest BCUT2D eigenvalue weighted by atomic mass is 9.85. The van der Waals surface area contributed by atoms with Gasteiger partial charge in [0.05, 0.1) is 4.91 Å². The van der Waals surface area contributed by atoms with E-state index >= 15 is 0 Å². The van der Waals surface area contributed by atoms with Crippen LogP contribution in [0.4, 0.5) is 13.6 Å². The number of sulfonamides is 1. The SMILES string of the molecule is C=CCNC(=O)C(=O)[C@H](CC(F)F)NC(=O)[C@@H]1[C@H]2CCC[C@H]2CN1C(=O)[C@@H](NC(=O)N[C@H](CN1CC2=C(C=CC2)S1(=O)=O)C(C)(C)C)C(C)(C)C. The Balaban J connectivity index is 1.53. The first-order valence-corrected chi connectivity index (χ1v) is 18.9. The van der Waals surface area contributed by atoms with Gasteiger partial charge in [0.25, 0.3) is 5.91 Å². The Bertz CT molecular complexity index is 1580. The molecule has 4 aliphatic rings. The summed E-state index contributed by atoms with van der Waals surface area (Å²) >= 11 is 0. The van der Waals surface area contributed by atoms with E-state index in [1.807, 2.05) is 26.8 Å². The second kappa shape index (κ2) is 15.5. The number of carbonyl (C=O) groups excluding carboxylic acids is 5. The van der Waals surface area contributed by atoms with E-state index in [-0.39, 0.29) is 38.0 Å². The second-order valence-corrected chi connectivity index (χ2v) is 18.0. The maximum absolute atomic E-state index is 14.4. The van der Waals surface area contributed by atoms with Gasteiger partial charge in [-0.1, -0.05) is 60.1 Å². The summed E-state index contributed by atoms with van der Waals surface area (Å²) in [7, 11) is -3.71. The van der Waals surface area contributed by atoms with Crippen molar-refractivity contribution in [2.45, 2.75) is 104 Å². The summed E-state index contributed by atoms with van der Waals surface area (Å²) in [5.74, 6) is -4.12. The van der Waals surface area contributed by atoms with E-state index < -0.39 is 87.4 Å². The van der Waals surface area contributed by atoms with Gasteiger partial charge in [0.2, 0.25) is 34.0 Å². The number of rotatable bonds is 13. The minimum atomic E-state index is -3.71. The van der Waals surface area contributed by atoms with Gasteiger partial charge in [-0.2, -0.15) is 4.31 Å². The normalized spacial score (nSPS) is 24.5. The third kappa shape index (κ3) is 9.05. The van der Waals surface area contributed by atoms with Gasteiger partial charge in [-0.05, 0) is 53.6 Å². The molecule has 2 heterocycles. The van der Waals surface area contributed by atoms with E-state index in [0.29, 0.717) is 17.7 Å². The number of halogens is 2. The van der Waals surface area contributed by atoms with Crippen molar-refractivity contribution in [1.82, 2.24) is 30.5 Å². The lowest BCUT2D eigenvalue weighted by Gasteiger charge is -2.38. The molecule has 4 rings (SSSR count). The Morgan fingerprint density at radius 3 is 2.29 bits per heavy atom. The van der Waals surface area contributed by atoms with Gasteiger partial charge >= 0.3 is 6.03 Å². The van der Waals surface area contributed by atoms with Gasteiger partial charge in [0, 0.05) is 38.6 Å². The molecule has 6 atom stereocenters. The largest absolute Gasteiger partial charge is 0.346 e. The summed E-state index contributed by atoms with van der Waals surface area (Å²) in [5.41, 5.74) is -0.640. The average molecular weight is 739 g/mol. The van der Waals surface area contributed by atoms with Gasteiger partial charge in [-0.15, -0.1) is 6.58 Å². The zero-order chi connectivity index (χ0) is 38.1. The fourth-order valence-electron chi connectivity index (χ4n) is 7.37.